The van der Waals surface area contributed by atoms with Gasteiger partial charge in [0.15, 0.2) is 11.0 Å². The van der Waals surface area contributed by atoms with E-state index in [-0.39, 0.29) is 24.1 Å². The summed E-state index contributed by atoms with van der Waals surface area (Å²) in [7, 11) is 1.55. The van der Waals surface area contributed by atoms with Crippen molar-refractivity contribution < 1.29 is 14.3 Å². The highest BCUT2D eigenvalue weighted by Gasteiger charge is 2.16. The van der Waals surface area contributed by atoms with Gasteiger partial charge in [-0.25, -0.2) is 0 Å². The Bertz CT molecular complexity index is 1110. The fourth-order valence-corrected chi connectivity index (χ4v) is 3.78. The number of hydrogen-bond donors (Lipinski definition) is 2. The highest BCUT2D eigenvalue weighted by atomic mass is 32.2. The summed E-state index contributed by atoms with van der Waals surface area (Å²) in [6.45, 7) is 6.33. The van der Waals surface area contributed by atoms with Gasteiger partial charge in [0.1, 0.15) is 5.75 Å². The van der Waals surface area contributed by atoms with Crippen LogP contribution in [0.15, 0.2) is 66.3 Å². The molecule has 32 heavy (non-hydrogen) atoms. The Kier molecular flexibility index (Phi) is 8.04. The number of methoxy groups -OCH3 is 1. The molecule has 0 aliphatic carbocycles. The van der Waals surface area contributed by atoms with E-state index < -0.39 is 0 Å². The topological polar surface area (TPSA) is 98.1 Å². The van der Waals surface area contributed by atoms with Crippen LogP contribution in [0.1, 0.15) is 21.7 Å². The molecular weight excluding hydrogens is 426 g/mol. The number of rotatable bonds is 10. The normalized spacial score (nSPS) is 10.4. The highest BCUT2D eigenvalue weighted by molar-refractivity contribution is 7.99. The summed E-state index contributed by atoms with van der Waals surface area (Å²) in [6.07, 6.45) is 1.72. The quantitative estimate of drug-likeness (QED) is 0.362. The van der Waals surface area contributed by atoms with Gasteiger partial charge in [-0.3, -0.25) is 9.59 Å². The first kappa shape index (κ1) is 23.1. The lowest BCUT2D eigenvalue weighted by atomic mass is 10.1. The molecule has 2 amide bonds. The molecule has 8 nitrogen and oxygen atoms in total. The number of aryl methyl sites for hydroxylation is 1. The third-order valence-corrected chi connectivity index (χ3v) is 5.58. The summed E-state index contributed by atoms with van der Waals surface area (Å²) in [6, 6.07) is 14.6. The molecule has 9 heteroatoms. The van der Waals surface area contributed by atoms with Gasteiger partial charge in [0.05, 0.1) is 25.1 Å². The molecule has 0 spiro atoms. The summed E-state index contributed by atoms with van der Waals surface area (Å²) in [5, 5.41) is 14.7. The Morgan fingerprint density at radius 1 is 1.16 bits per heavy atom. The Morgan fingerprint density at radius 2 is 1.91 bits per heavy atom. The molecule has 0 unspecified atom stereocenters. The molecule has 0 saturated heterocycles. The standard InChI is InChI=1S/C23H25N5O3S/c1-4-13-28-20(14-24-22(30)17-10-6-5-9-16(17)2)26-27-23(28)32-15-21(29)25-18-11-7-8-12-19(18)31-3/h4-12H,1,13-15H2,2-3H3,(H,24,30)(H,25,29). The predicted molar refractivity (Wildman–Crippen MR) is 125 cm³/mol. The van der Waals surface area contributed by atoms with Crippen molar-refractivity contribution in [1.29, 1.82) is 0 Å². The molecule has 2 N–H and O–H groups in total. The Morgan fingerprint density at radius 3 is 2.66 bits per heavy atom. The second kappa shape index (κ2) is 11.1. The zero-order valence-corrected chi connectivity index (χ0v) is 18.8. The molecule has 0 aliphatic heterocycles. The van der Waals surface area contributed by atoms with E-state index >= 15 is 0 Å². The van der Waals surface area contributed by atoms with Crippen molar-refractivity contribution in [2.24, 2.45) is 0 Å². The molecule has 3 rings (SSSR count). The number of thioether (sulfide) groups is 1. The van der Waals surface area contributed by atoms with Crippen LogP contribution >= 0.6 is 11.8 Å². The van der Waals surface area contributed by atoms with Gasteiger partial charge < -0.3 is 19.9 Å². The predicted octanol–water partition coefficient (Wildman–Crippen LogP) is 3.44. The van der Waals surface area contributed by atoms with E-state index in [2.05, 4.69) is 27.4 Å². The van der Waals surface area contributed by atoms with Gasteiger partial charge in [-0.2, -0.15) is 0 Å². The largest absolute Gasteiger partial charge is 0.495 e. The minimum absolute atomic E-state index is 0.142. The van der Waals surface area contributed by atoms with Crippen LogP contribution in [-0.4, -0.2) is 39.4 Å². The van der Waals surface area contributed by atoms with Crippen molar-refractivity contribution in [3.8, 4) is 5.75 Å². The number of carbonyl (C=O) groups is 2. The molecule has 3 aromatic rings. The van der Waals surface area contributed by atoms with Gasteiger partial charge in [-0.1, -0.05) is 48.2 Å². The van der Waals surface area contributed by atoms with Crippen LogP contribution in [0.3, 0.4) is 0 Å². The van der Waals surface area contributed by atoms with Crippen molar-refractivity contribution >= 4 is 29.3 Å². The molecular formula is C23H25N5O3S. The smallest absolute Gasteiger partial charge is 0.251 e. The number of amides is 2. The number of aromatic nitrogens is 3. The molecule has 0 saturated carbocycles. The average Bonchev–Trinajstić information content (AvgIpc) is 3.18. The van der Waals surface area contributed by atoms with Crippen LogP contribution < -0.4 is 15.4 Å². The molecule has 0 atom stereocenters. The van der Waals surface area contributed by atoms with Gasteiger partial charge in [-0.05, 0) is 30.7 Å². The fourth-order valence-electron chi connectivity index (χ4n) is 3.02. The van der Waals surface area contributed by atoms with Crippen LogP contribution in [-0.2, 0) is 17.9 Å². The molecule has 166 valence electrons. The lowest BCUT2D eigenvalue weighted by Gasteiger charge is -2.11. The monoisotopic (exact) mass is 451 g/mol. The minimum Gasteiger partial charge on any atom is -0.495 e. The fraction of sp³-hybridized carbons (Fsp3) is 0.217. The SMILES string of the molecule is C=CCn1c(CNC(=O)c2ccccc2C)nnc1SCC(=O)Nc1ccccc1OC. The first-order valence-electron chi connectivity index (χ1n) is 9.96. The molecule has 0 bridgehead atoms. The zero-order chi connectivity index (χ0) is 22.9. The summed E-state index contributed by atoms with van der Waals surface area (Å²) >= 11 is 1.26. The molecule has 1 aromatic heterocycles. The van der Waals surface area contributed by atoms with E-state index in [4.69, 9.17) is 4.74 Å². The Balaban J connectivity index is 1.63. The van der Waals surface area contributed by atoms with E-state index in [9.17, 15) is 9.59 Å². The number of anilines is 1. The molecule has 1 heterocycles. The number of hydrogen-bond acceptors (Lipinski definition) is 6. The van der Waals surface area contributed by atoms with Gasteiger partial charge in [0.2, 0.25) is 5.91 Å². The van der Waals surface area contributed by atoms with E-state index in [0.717, 1.165) is 5.56 Å². The number of carbonyl (C=O) groups excluding carboxylic acids is 2. The molecule has 2 aromatic carbocycles. The van der Waals surface area contributed by atoms with Crippen molar-refractivity contribution in [2.75, 3.05) is 18.2 Å². The van der Waals surface area contributed by atoms with E-state index in [0.29, 0.717) is 34.5 Å². The lowest BCUT2D eigenvalue weighted by molar-refractivity contribution is -0.113. The summed E-state index contributed by atoms with van der Waals surface area (Å²) < 4.78 is 7.08. The zero-order valence-electron chi connectivity index (χ0n) is 18.0. The number of allylic oxidation sites excluding steroid dienone is 1. The highest BCUT2D eigenvalue weighted by Crippen LogP contribution is 2.24. The Labute approximate surface area is 191 Å². The third kappa shape index (κ3) is 5.76. The second-order valence-electron chi connectivity index (χ2n) is 6.83. The molecule has 0 radical (unpaired) electrons. The van der Waals surface area contributed by atoms with Crippen LogP contribution in [0.4, 0.5) is 5.69 Å². The summed E-state index contributed by atoms with van der Waals surface area (Å²) in [5.74, 6) is 0.943. The minimum atomic E-state index is -0.193. The van der Waals surface area contributed by atoms with Crippen LogP contribution in [0.5, 0.6) is 5.75 Å². The third-order valence-electron chi connectivity index (χ3n) is 4.62. The van der Waals surface area contributed by atoms with E-state index in [1.165, 1.54) is 11.8 Å². The second-order valence-corrected chi connectivity index (χ2v) is 7.78. The van der Waals surface area contributed by atoms with Crippen molar-refractivity contribution in [1.82, 2.24) is 20.1 Å². The summed E-state index contributed by atoms with van der Waals surface area (Å²) in [4.78, 5) is 24.9. The number of nitrogens with one attached hydrogen (secondary N) is 2. The van der Waals surface area contributed by atoms with Gasteiger partial charge >= 0.3 is 0 Å². The molecule has 0 aliphatic rings. The molecule has 0 fully saturated rings. The summed E-state index contributed by atoms with van der Waals surface area (Å²) in [5.41, 5.74) is 2.12. The van der Waals surface area contributed by atoms with Crippen molar-refractivity contribution in [3.63, 3.8) is 0 Å². The number of ether oxygens (including phenoxy) is 1. The number of para-hydroxylation sites is 2. The van der Waals surface area contributed by atoms with Crippen LogP contribution in [0.25, 0.3) is 0 Å². The number of benzene rings is 2. The first-order chi connectivity index (χ1) is 15.5. The maximum atomic E-state index is 12.5. The number of nitrogens with zero attached hydrogens (tertiary/aromatic N) is 3. The maximum absolute atomic E-state index is 12.5. The Hall–Kier alpha value is -3.59. The van der Waals surface area contributed by atoms with Crippen molar-refractivity contribution in [3.05, 3.63) is 78.1 Å². The average molecular weight is 452 g/mol. The van der Waals surface area contributed by atoms with Gasteiger partial charge in [0, 0.05) is 12.1 Å². The first-order valence-corrected chi connectivity index (χ1v) is 10.9. The van der Waals surface area contributed by atoms with Gasteiger partial charge in [-0.15, -0.1) is 16.8 Å². The van der Waals surface area contributed by atoms with Gasteiger partial charge in [0.25, 0.3) is 5.91 Å². The lowest BCUT2D eigenvalue weighted by Crippen LogP contribution is -2.25. The maximum Gasteiger partial charge on any atom is 0.251 e. The van der Waals surface area contributed by atoms with Crippen molar-refractivity contribution in [2.45, 2.75) is 25.2 Å². The van der Waals surface area contributed by atoms with Crippen LogP contribution in [0, 0.1) is 6.92 Å². The van der Waals surface area contributed by atoms with E-state index in [1.54, 1.807) is 31.4 Å². The van der Waals surface area contributed by atoms with E-state index in [1.807, 2.05) is 41.8 Å². The van der Waals surface area contributed by atoms with Crippen LogP contribution in [0.2, 0.25) is 0 Å².